The zero-order valence-corrected chi connectivity index (χ0v) is 14.2. The fourth-order valence-electron chi connectivity index (χ4n) is 4.20. The molecule has 0 bridgehead atoms. The van der Waals surface area contributed by atoms with Crippen molar-refractivity contribution in [1.82, 2.24) is 0 Å². The fourth-order valence-corrected chi connectivity index (χ4v) is 4.20. The average molecular weight is 292 g/mol. The van der Waals surface area contributed by atoms with Gasteiger partial charge in [-0.1, -0.05) is 53.4 Å². The molecule has 0 amide bonds. The molecule has 0 aromatic carbocycles. The van der Waals surface area contributed by atoms with Gasteiger partial charge in [0.05, 0.1) is 0 Å². The van der Waals surface area contributed by atoms with Crippen molar-refractivity contribution in [1.29, 1.82) is 0 Å². The maximum absolute atomic E-state index is 12.7. The molecule has 120 valence electrons. The van der Waals surface area contributed by atoms with Crippen LogP contribution in [0.4, 0.5) is 0 Å². The summed E-state index contributed by atoms with van der Waals surface area (Å²) in [6.45, 7) is 8.28. The van der Waals surface area contributed by atoms with Crippen LogP contribution in [0.1, 0.15) is 79.1 Å². The Kier molecular flexibility index (Phi) is 4.85. The highest BCUT2D eigenvalue weighted by atomic mass is 16.3. The molecule has 2 aliphatic carbocycles. The fraction of sp³-hybridized carbons (Fsp3) is 0.842. The molecule has 2 rings (SSSR count). The lowest BCUT2D eigenvalue weighted by atomic mass is 9.72. The average Bonchev–Trinajstić information content (AvgIpc) is 3.11. The van der Waals surface area contributed by atoms with Crippen LogP contribution in [0.3, 0.4) is 0 Å². The summed E-state index contributed by atoms with van der Waals surface area (Å²) >= 11 is 0. The van der Waals surface area contributed by atoms with Gasteiger partial charge in [0.15, 0.2) is 5.78 Å². The molecule has 0 aromatic rings. The van der Waals surface area contributed by atoms with Crippen LogP contribution in [0.5, 0.6) is 0 Å². The Morgan fingerprint density at radius 1 is 0.857 bits per heavy atom. The maximum atomic E-state index is 12.7. The topological polar surface area (TPSA) is 37.3 Å². The lowest BCUT2D eigenvalue weighted by molar-refractivity contribution is -0.125. The van der Waals surface area contributed by atoms with Crippen LogP contribution in [-0.2, 0) is 4.79 Å². The van der Waals surface area contributed by atoms with Gasteiger partial charge >= 0.3 is 0 Å². The molecule has 1 N–H and O–H groups in total. The lowest BCUT2D eigenvalue weighted by Crippen LogP contribution is -2.32. The van der Waals surface area contributed by atoms with Gasteiger partial charge < -0.3 is 5.11 Å². The molecule has 2 saturated carbocycles. The van der Waals surface area contributed by atoms with Crippen LogP contribution >= 0.6 is 0 Å². The van der Waals surface area contributed by atoms with E-state index in [0.29, 0.717) is 17.6 Å². The van der Waals surface area contributed by atoms with E-state index in [2.05, 4.69) is 27.7 Å². The number of ketones is 1. The highest BCUT2D eigenvalue weighted by Gasteiger charge is 2.40. The SMILES string of the molecule is CC(C)(C(=O)/C=C(\O)C(C)(C)C1CCCC1)C1CCCC1. The number of allylic oxidation sites excluding steroid dienone is 2. The van der Waals surface area contributed by atoms with Crippen LogP contribution in [0.2, 0.25) is 0 Å². The van der Waals surface area contributed by atoms with E-state index < -0.39 is 0 Å². The summed E-state index contributed by atoms with van der Waals surface area (Å²) < 4.78 is 0. The number of rotatable bonds is 5. The van der Waals surface area contributed by atoms with Crippen molar-refractivity contribution in [2.45, 2.75) is 79.1 Å². The number of carbonyl (C=O) groups is 1. The Bertz CT molecular complexity index is 405. The van der Waals surface area contributed by atoms with Gasteiger partial charge in [0.25, 0.3) is 0 Å². The molecule has 0 aliphatic heterocycles. The first kappa shape index (κ1) is 16.6. The van der Waals surface area contributed by atoms with E-state index in [1.165, 1.54) is 38.5 Å². The van der Waals surface area contributed by atoms with Gasteiger partial charge in [-0.3, -0.25) is 4.79 Å². The van der Waals surface area contributed by atoms with Gasteiger partial charge in [-0.05, 0) is 37.5 Å². The molecule has 21 heavy (non-hydrogen) atoms. The van der Waals surface area contributed by atoms with Gasteiger partial charge in [0.2, 0.25) is 0 Å². The Labute approximate surface area is 130 Å². The standard InChI is InChI=1S/C19H32O2/c1-18(2,14-9-5-6-10-14)16(20)13-17(21)19(3,4)15-11-7-8-12-15/h13-15,20H,5-12H2,1-4H3/b16-13-. The molecule has 0 saturated heterocycles. The predicted molar refractivity (Wildman–Crippen MR) is 87.2 cm³/mol. The molecule has 0 radical (unpaired) electrons. The van der Waals surface area contributed by atoms with Crippen molar-refractivity contribution in [3.8, 4) is 0 Å². The molecular formula is C19H32O2. The highest BCUT2D eigenvalue weighted by molar-refractivity contribution is 5.95. The van der Waals surface area contributed by atoms with Crippen molar-refractivity contribution in [3.63, 3.8) is 0 Å². The van der Waals surface area contributed by atoms with Crippen molar-refractivity contribution < 1.29 is 9.90 Å². The Hall–Kier alpha value is -0.790. The first-order valence-corrected chi connectivity index (χ1v) is 8.72. The molecule has 0 aromatic heterocycles. The number of hydrogen-bond donors (Lipinski definition) is 1. The first-order chi connectivity index (χ1) is 9.76. The van der Waals surface area contributed by atoms with E-state index in [4.69, 9.17) is 0 Å². The maximum Gasteiger partial charge on any atom is 0.164 e. The van der Waals surface area contributed by atoms with E-state index in [1.807, 2.05) is 0 Å². The normalized spacial score (nSPS) is 23.0. The van der Waals surface area contributed by atoms with E-state index in [-0.39, 0.29) is 16.6 Å². The Balaban J connectivity index is 2.11. The minimum Gasteiger partial charge on any atom is -0.512 e. The molecular weight excluding hydrogens is 260 g/mol. The summed E-state index contributed by atoms with van der Waals surface area (Å²) in [6.07, 6.45) is 11.2. The van der Waals surface area contributed by atoms with E-state index in [0.717, 1.165) is 12.8 Å². The summed E-state index contributed by atoms with van der Waals surface area (Å²) in [4.78, 5) is 12.7. The number of aliphatic hydroxyl groups is 1. The van der Waals surface area contributed by atoms with Gasteiger partial charge in [-0.15, -0.1) is 0 Å². The summed E-state index contributed by atoms with van der Waals surface area (Å²) in [7, 11) is 0. The van der Waals surface area contributed by atoms with Crippen LogP contribution in [0, 0.1) is 22.7 Å². The minimum absolute atomic E-state index is 0.109. The monoisotopic (exact) mass is 292 g/mol. The van der Waals surface area contributed by atoms with Gasteiger partial charge in [0.1, 0.15) is 5.76 Å². The third kappa shape index (κ3) is 3.35. The summed E-state index contributed by atoms with van der Waals surface area (Å²) in [5.74, 6) is 1.39. The smallest absolute Gasteiger partial charge is 0.164 e. The van der Waals surface area contributed by atoms with Crippen molar-refractivity contribution in [3.05, 3.63) is 11.8 Å². The quantitative estimate of drug-likeness (QED) is 0.542. The van der Waals surface area contributed by atoms with Crippen molar-refractivity contribution in [2.75, 3.05) is 0 Å². The Morgan fingerprint density at radius 2 is 1.24 bits per heavy atom. The van der Waals surface area contributed by atoms with Crippen LogP contribution in [0.25, 0.3) is 0 Å². The van der Waals surface area contributed by atoms with Crippen LogP contribution in [-0.4, -0.2) is 10.9 Å². The highest BCUT2D eigenvalue weighted by Crippen LogP contribution is 2.45. The zero-order valence-electron chi connectivity index (χ0n) is 14.2. The first-order valence-electron chi connectivity index (χ1n) is 8.72. The van der Waals surface area contributed by atoms with E-state index in [9.17, 15) is 9.90 Å². The number of aliphatic hydroxyl groups excluding tert-OH is 1. The molecule has 2 nitrogen and oxygen atoms in total. The molecule has 0 atom stereocenters. The number of carbonyl (C=O) groups excluding carboxylic acids is 1. The third-order valence-electron chi connectivity index (χ3n) is 6.31. The lowest BCUT2D eigenvalue weighted by Gasteiger charge is -2.33. The third-order valence-corrected chi connectivity index (χ3v) is 6.31. The summed E-state index contributed by atoms with van der Waals surface area (Å²) in [5, 5.41) is 10.6. The van der Waals surface area contributed by atoms with E-state index in [1.54, 1.807) is 6.08 Å². The molecule has 0 unspecified atom stereocenters. The second-order valence-electron chi connectivity index (χ2n) is 8.30. The van der Waals surface area contributed by atoms with Crippen LogP contribution in [0.15, 0.2) is 11.8 Å². The van der Waals surface area contributed by atoms with Crippen molar-refractivity contribution in [2.24, 2.45) is 22.7 Å². The molecule has 0 heterocycles. The van der Waals surface area contributed by atoms with Gasteiger partial charge in [-0.25, -0.2) is 0 Å². The molecule has 0 spiro atoms. The van der Waals surface area contributed by atoms with Gasteiger partial charge in [0, 0.05) is 16.9 Å². The minimum atomic E-state index is -0.337. The Morgan fingerprint density at radius 3 is 1.67 bits per heavy atom. The van der Waals surface area contributed by atoms with Crippen LogP contribution < -0.4 is 0 Å². The summed E-state index contributed by atoms with van der Waals surface area (Å²) in [6, 6.07) is 0. The zero-order chi connectivity index (χ0) is 15.7. The molecule has 2 heteroatoms. The predicted octanol–water partition coefficient (Wildman–Crippen LogP) is 5.43. The van der Waals surface area contributed by atoms with Gasteiger partial charge in [-0.2, -0.15) is 0 Å². The van der Waals surface area contributed by atoms with E-state index >= 15 is 0 Å². The molecule has 2 aliphatic rings. The number of hydrogen-bond acceptors (Lipinski definition) is 2. The molecule has 2 fully saturated rings. The largest absolute Gasteiger partial charge is 0.512 e. The second kappa shape index (κ2) is 6.14. The second-order valence-corrected chi connectivity index (χ2v) is 8.30. The summed E-state index contributed by atoms with van der Waals surface area (Å²) in [5.41, 5.74) is -0.603. The van der Waals surface area contributed by atoms with Crippen molar-refractivity contribution >= 4 is 5.78 Å².